The molecule has 16 heavy (non-hydrogen) atoms. The molecule has 1 unspecified atom stereocenters. The van der Waals surface area contributed by atoms with E-state index in [1.165, 1.54) is 12.8 Å². The Kier molecular flexibility index (Phi) is 3.88. The van der Waals surface area contributed by atoms with Crippen molar-refractivity contribution in [3.8, 4) is 0 Å². The summed E-state index contributed by atoms with van der Waals surface area (Å²) in [7, 11) is 0. The van der Waals surface area contributed by atoms with Crippen LogP contribution >= 0.6 is 0 Å². The van der Waals surface area contributed by atoms with E-state index >= 15 is 0 Å². The maximum Gasteiger partial charge on any atom is 0.144 e. The summed E-state index contributed by atoms with van der Waals surface area (Å²) in [5, 5.41) is 24.6. The van der Waals surface area contributed by atoms with Crippen LogP contribution in [0.2, 0.25) is 0 Å². The van der Waals surface area contributed by atoms with Crippen molar-refractivity contribution in [1.29, 1.82) is 0 Å². The summed E-state index contributed by atoms with van der Waals surface area (Å²) in [5.74, 6) is 0. The summed E-state index contributed by atoms with van der Waals surface area (Å²) in [6, 6.07) is 0. The topological polar surface area (TPSA) is 52.5 Å². The molecule has 1 saturated carbocycles. The van der Waals surface area contributed by atoms with Gasteiger partial charge in [0.05, 0.1) is 0 Å². The number of nitrogens with one attached hydrogen (secondary N) is 1. The Balaban J connectivity index is 2.11. The molecule has 0 amide bonds. The van der Waals surface area contributed by atoms with Crippen molar-refractivity contribution >= 4 is 0 Å². The van der Waals surface area contributed by atoms with Crippen molar-refractivity contribution in [3.63, 3.8) is 0 Å². The molecule has 3 nitrogen and oxygen atoms in total. The highest BCUT2D eigenvalue weighted by Crippen LogP contribution is 2.38. The van der Waals surface area contributed by atoms with E-state index in [2.05, 4.69) is 5.32 Å². The molecule has 0 aromatic heterocycles. The van der Waals surface area contributed by atoms with Gasteiger partial charge in [-0.1, -0.05) is 32.1 Å². The standard InChI is InChI=1S/C13H25NO2/c15-12(8-4-1-2-5-9-12)13(16)10-6-3-7-11-14-13/h14-16H,1-11H2. The average Bonchev–Trinajstić information content (AvgIpc) is 2.61. The summed E-state index contributed by atoms with van der Waals surface area (Å²) in [6.07, 6.45) is 9.95. The van der Waals surface area contributed by atoms with Crippen LogP contribution in [0.25, 0.3) is 0 Å². The van der Waals surface area contributed by atoms with Crippen LogP contribution in [-0.4, -0.2) is 28.1 Å². The number of aliphatic hydroxyl groups is 2. The van der Waals surface area contributed by atoms with E-state index < -0.39 is 11.3 Å². The Morgan fingerprint density at radius 3 is 1.94 bits per heavy atom. The van der Waals surface area contributed by atoms with Crippen LogP contribution < -0.4 is 5.32 Å². The normalized spacial score (nSPS) is 36.4. The molecular formula is C13H25NO2. The fourth-order valence-electron chi connectivity index (χ4n) is 3.19. The Morgan fingerprint density at radius 2 is 1.25 bits per heavy atom. The maximum absolute atomic E-state index is 10.7. The van der Waals surface area contributed by atoms with Crippen LogP contribution in [0.1, 0.15) is 64.2 Å². The second kappa shape index (κ2) is 5.03. The molecule has 0 spiro atoms. The highest BCUT2D eigenvalue weighted by Gasteiger charge is 2.48. The van der Waals surface area contributed by atoms with Crippen LogP contribution in [-0.2, 0) is 0 Å². The van der Waals surface area contributed by atoms with Crippen LogP contribution in [0.4, 0.5) is 0 Å². The van der Waals surface area contributed by atoms with E-state index in [9.17, 15) is 10.2 Å². The summed E-state index contributed by atoms with van der Waals surface area (Å²) in [4.78, 5) is 0. The van der Waals surface area contributed by atoms with Gasteiger partial charge in [-0.15, -0.1) is 0 Å². The molecule has 0 bridgehead atoms. The quantitative estimate of drug-likeness (QED) is 0.600. The van der Waals surface area contributed by atoms with Crippen molar-refractivity contribution in [2.45, 2.75) is 75.5 Å². The van der Waals surface area contributed by atoms with Crippen molar-refractivity contribution < 1.29 is 10.2 Å². The molecule has 2 rings (SSSR count). The zero-order valence-corrected chi connectivity index (χ0v) is 10.2. The van der Waals surface area contributed by atoms with Gasteiger partial charge in [-0.25, -0.2) is 0 Å². The van der Waals surface area contributed by atoms with Gasteiger partial charge in [-0.3, -0.25) is 5.32 Å². The SMILES string of the molecule is OC1(C2(O)CCCCCN2)CCCCCC1. The first kappa shape index (κ1) is 12.3. The number of rotatable bonds is 1. The maximum atomic E-state index is 10.7. The number of hydrogen-bond donors (Lipinski definition) is 3. The lowest BCUT2D eigenvalue weighted by molar-refractivity contribution is -0.179. The molecule has 2 fully saturated rings. The predicted octanol–water partition coefficient (Wildman–Crippen LogP) is 1.92. The smallest absolute Gasteiger partial charge is 0.144 e. The van der Waals surface area contributed by atoms with Gasteiger partial charge in [0, 0.05) is 0 Å². The Labute approximate surface area is 98.2 Å². The molecule has 3 N–H and O–H groups in total. The van der Waals surface area contributed by atoms with E-state index in [0.29, 0.717) is 6.42 Å². The molecule has 0 radical (unpaired) electrons. The Hall–Kier alpha value is -0.120. The minimum Gasteiger partial charge on any atom is -0.385 e. The third-order valence-electron chi connectivity index (χ3n) is 4.33. The van der Waals surface area contributed by atoms with Gasteiger partial charge < -0.3 is 10.2 Å². The average molecular weight is 227 g/mol. The first-order chi connectivity index (χ1) is 7.66. The van der Waals surface area contributed by atoms with E-state index in [-0.39, 0.29) is 0 Å². The van der Waals surface area contributed by atoms with Crippen molar-refractivity contribution in [2.24, 2.45) is 0 Å². The second-order valence-corrected chi connectivity index (χ2v) is 5.54. The lowest BCUT2D eigenvalue weighted by Gasteiger charge is -2.43. The lowest BCUT2D eigenvalue weighted by atomic mass is 9.80. The van der Waals surface area contributed by atoms with Crippen LogP contribution in [0.3, 0.4) is 0 Å². The molecule has 3 heteroatoms. The van der Waals surface area contributed by atoms with Gasteiger partial charge in [0.2, 0.25) is 0 Å². The fraction of sp³-hybridized carbons (Fsp3) is 1.00. The van der Waals surface area contributed by atoms with Crippen LogP contribution in [0.5, 0.6) is 0 Å². The van der Waals surface area contributed by atoms with E-state index in [0.717, 1.165) is 51.5 Å². The summed E-state index contributed by atoms with van der Waals surface area (Å²) < 4.78 is 0. The molecule has 94 valence electrons. The van der Waals surface area contributed by atoms with Crippen molar-refractivity contribution in [2.75, 3.05) is 6.54 Å². The minimum absolute atomic E-state index is 0.698. The zero-order valence-electron chi connectivity index (χ0n) is 10.2. The summed E-state index contributed by atoms with van der Waals surface area (Å²) in [5.41, 5.74) is -1.93. The largest absolute Gasteiger partial charge is 0.385 e. The van der Waals surface area contributed by atoms with E-state index in [1.807, 2.05) is 0 Å². The monoisotopic (exact) mass is 227 g/mol. The van der Waals surface area contributed by atoms with E-state index in [1.54, 1.807) is 0 Å². The van der Waals surface area contributed by atoms with Gasteiger partial charge in [0.1, 0.15) is 11.3 Å². The first-order valence-corrected chi connectivity index (χ1v) is 6.86. The highest BCUT2D eigenvalue weighted by atomic mass is 16.4. The summed E-state index contributed by atoms with van der Waals surface area (Å²) >= 11 is 0. The molecule has 1 atom stereocenters. The Bertz CT molecular complexity index is 190. The van der Waals surface area contributed by atoms with Crippen molar-refractivity contribution in [3.05, 3.63) is 0 Å². The van der Waals surface area contributed by atoms with Gasteiger partial charge in [-0.05, 0) is 38.6 Å². The van der Waals surface area contributed by atoms with Gasteiger partial charge in [0.15, 0.2) is 0 Å². The van der Waals surface area contributed by atoms with Gasteiger partial charge in [0.25, 0.3) is 0 Å². The molecule has 0 aromatic carbocycles. The molecule has 1 saturated heterocycles. The second-order valence-electron chi connectivity index (χ2n) is 5.54. The van der Waals surface area contributed by atoms with Crippen LogP contribution in [0.15, 0.2) is 0 Å². The fourth-order valence-corrected chi connectivity index (χ4v) is 3.19. The third-order valence-corrected chi connectivity index (χ3v) is 4.33. The Morgan fingerprint density at radius 1 is 0.688 bits per heavy atom. The third kappa shape index (κ3) is 2.41. The van der Waals surface area contributed by atoms with Gasteiger partial charge >= 0.3 is 0 Å². The van der Waals surface area contributed by atoms with Crippen molar-refractivity contribution in [1.82, 2.24) is 5.32 Å². The highest BCUT2D eigenvalue weighted by molar-refractivity contribution is 4.99. The molecule has 1 aliphatic heterocycles. The molecule has 1 aliphatic carbocycles. The molecular weight excluding hydrogens is 202 g/mol. The predicted molar refractivity (Wildman–Crippen MR) is 64.1 cm³/mol. The van der Waals surface area contributed by atoms with E-state index in [4.69, 9.17) is 0 Å². The minimum atomic E-state index is -1.03. The molecule has 1 heterocycles. The zero-order chi connectivity index (χ0) is 11.5. The molecule has 2 aliphatic rings. The molecule has 0 aromatic rings. The van der Waals surface area contributed by atoms with Gasteiger partial charge in [-0.2, -0.15) is 0 Å². The summed E-state index contributed by atoms with van der Waals surface area (Å²) in [6.45, 7) is 0.832. The van der Waals surface area contributed by atoms with Crippen LogP contribution in [0, 0.1) is 0 Å². The first-order valence-electron chi connectivity index (χ1n) is 6.86. The lowest BCUT2D eigenvalue weighted by Crippen LogP contribution is -2.62. The number of hydrogen-bond acceptors (Lipinski definition) is 3.